The Morgan fingerprint density at radius 1 is 1.00 bits per heavy atom. The Bertz CT molecular complexity index is 1580. The molecule has 268 valence electrons. The van der Waals surface area contributed by atoms with Crippen LogP contribution in [0.25, 0.3) is 5.65 Å². The lowest BCUT2D eigenvalue weighted by Gasteiger charge is -2.44. The highest BCUT2D eigenvalue weighted by atomic mass is 35.5. The van der Waals surface area contributed by atoms with E-state index in [4.69, 9.17) is 45.0 Å². The number of Topliss-reactive ketones (excluding diaryl/α,β-unsaturated/α-hetero) is 1. The summed E-state index contributed by atoms with van der Waals surface area (Å²) in [4.78, 5) is 33.1. The average molecular weight is 699 g/mol. The second kappa shape index (κ2) is 14.4. The average Bonchev–Trinajstić information content (AvgIpc) is 3.77. The smallest absolute Gasteiger partial charge is 0.306 e. The molecule has 3 aliphatic carbocycles. The molecule has 0 bridgehead atoms. The van der Waals surface area contributed by atoms with E-state index >= 15 is 0 Å². The third kappa shape index (κ3) is 6.29. The number of hydrogen-bond donors (Lipinski definition) is 0. The lowest BCUT2D eigenvalue weighted by atomic mass is 9.66. The highest BCUT2D eigenvalue weighted by molar-refractivity contribution is 6.30. The van der Waals surface area contributed by atoms with Crippen LogP contribution in [0.15, 0.2) is 30.0 Å². The summed E-state index contributed by atoms with van der Waals surface area (Å²) in [5.74, 6) is -0.316. The summed E-state index contributed by atoms with van der Waals surface area (Å²) in [5.41, 5.74) is 3.63. The number of ketones is 1. The number of aromatic nitrogens is 2. The van der Waals surface area contributed by atoms with Crippen LogP contribution in [0, 0.1) is 23.7 Å². The summed E-state index contributed by atoms with van der Waals surface area (Å²) in [6.07, 6.45) is 7.96. The molecule has 11 heteroatoms. The van der Waals surface area contributed by atoms with Gasteiger partial charge in [0.25, 0.3) is 0 Å². The maximum atomic E-state index is 14.2. The fraction of sp³-hybridized carbons (Fsp3) is 0.711. The van der Waals surface area contributed by atoms with E-state index in [-0.39, 0.29) is 84.2 Å². The van der Waals surface area contributed by atoms with Crippen molar-refractivity contribution < 1.29 is 38.0 Å². The van der Waals surface area contributed by atoms with Gasteiger partial charge in [0.05, 0.1) is 24.3 Å². The van der Waals surface area contributed by atoms with Gasteiger partial charge in [0.15, 0.2) is 12.1 Å². The van der Waals surface area contributed by atoms with Crippen molar-refractivity contribution in [2.24, 2.45) is 23.7 Å². The normalized spacial score (nSPS) is 39.7. The third-order valence-corrected chi connectivity index (χ3v) is 12.4. The van der Waals surface area contributed by atoms with Gasteiger partial charge in [-0.25, -0.2) is 4.98 Å². The van der Waals surface area contributed by atoms with Gasteiger partial charge in [-0.3, -0.25) is 9.59 Å². The summed E-state index contributed by atoms with van der Waals surface area (Å²) >= 11 is 6.48. The first-order chi connectivity index (χ1) is 23.7. The molecule has 0 amide bonds. The number of nitrogens with zero attached hydrogens (tertiary/aromatic N) is 2. The minimum Gasteiger partial charge on any atom is -0.462 e. The number of hydrogen-bond acceptors (Lipinski definition) is 9. The first-order valence-electron chi connectivity index (χ1n) is 18.2. The SMILES string of the molecule is CC[C@H]1CCCC[C@@H](C)C(=O)C2=CC3[C@@H]4C[C@H](OC5OC(C)C(OC)C(OC)C5OC)CC4c4c(nc5cc(Cl)ccn45)[C@H]3[C@@H]2CC(=O)O1. The van der Waals surface area contributed by atoms with Gasteiger partial charge in [-0.15, -0.1) is 0 Å². The van der Waals surface area contributed by atoms with Gasteiger partial charge in [-0.05, 0) is 68.9 Å². The Morgan fingerprint density at radius 2 is 1.76 bits per heavy atom. The van der Waals surface area contributed by atoms with Crippen molar-refractivity contribution in [1.29, 1.82) is 0 Å². The molecule has 0 radical (unpaired) electrons. The van der Waals surface area contributed by atoms with Crippen molar-refractivity contribution in [1.82, 2.24) is 9.38 Å². The number of carbonyl (C=O) groups is 2. The molecule has 10 nitrogen and oxygen atoms in total. The van der Waals surface area contributed by atoms with Gasteiger partial charge in [0.1, 0.15) is 30.1 Å². The van der Waals surface area contributed by atoms with E-state index in [9.17, 15) is 9.59 Å². The van der Waals surface area contributed by atoms with Crippen molar-refractivity contribution in [3.63, 3.8) is 0 Å². The van der Waals surface area contributed by atoms with Crippen molar-refractivity contribution >= 4 is 29.0 Å². The molecule has 2 aromatic heterocycles. The number of pyridine rings is 1. The van der Waals surface area contributed by atoms with Gasteiger partial charge >= 0.3 is 5.97 Å². The predicted molar refractivity (Wildman–Crippen MR) is 182 cm³/mol. The van der Waals surface area contributed by atoms with Gasteiger partial charge in [-0.1, -0.05) is 37.9 Å². The summed E-state index contributed by atoms with van der Waals surface area (Å²) in [7, 11) is 4.96. The molecule has 0 spiro atoms. The van der Waals surface area contributed by atoms with Crippen LogP contribution in [0.2, 0.25) is 5.02 Å². The van der Waals surface area contributed by atoms with Gasteiger partial charge in [0.2, 0.25) is 0 Å². The van der Waals surface area contributed by atoms with E-state index < -0.39 is 12.4 Å². The molecular weight excluding hydrogens is 648 g/mol. The number of cyclic esters (lactones) is 1. The molecule has 7 unspecified atom stereocenters. The largest absolute Gasteiger partial charge is 0.462 e. The predicted octanol–water partition coefficient (Wildman–Crippen LogP) is 6.42. The third-order valence-electron chi connectivity index (χ3n) is 12.2. The van der Waals surface area contributed by atoms with Crippen LogP contribution >= 0.6 is 11.6 Å². The summed E-state index contributed by atoms with van der Waals surface area (Å²) in [6, 6.07) is 3.78. The highest BCUT2D eigenvalue weighted by Gasteiger charge is 2.57. The van der Waals surface area contributed by atoms with E-state index in [1.54, 1.807) is 21.3 Å². The molecule has 49 heavy (non-hydrogen) atoms. The molecule has 5 aliphatic rings. The molecule has 4 heterocycles. The van der Waals surface area contributed by atoms with Crippen LogP contribution in [-0.2, 0) is 38.0 Å². The Labute approximate surface area is 294 Å². The van der Waals surface area contributed by atoms with E-state index in [0.29, 0.717) is 5.02 Å². The molecule has 3 fully saturated rings. The van der Waals surface area contributed by atoms with Gasteiger partial charge < -0.3 is 32.8 Å². The zero-order valence-corrected chi connectivity index (χ0v) is 30.3. The quantitative estimate of drug-likeness (QED) is 0.316. The molecule has 0 aromatic carbocycles. The van der Waals surface area contributed by atoms with Crippen LogP contribution < -0.4 is 0 Å². The fourth-order valence-electron chi connectivity index (χ4n) is 9.82. The monoisotopic (exact) mass is 698 g/mol. The second-order valence-electron chi connectivity index (χ2n) is 14.9. The molecule has 7 rings (SSSR count). The van der Waals surface area contributed by atoms with E-state index in [1.165, 1.54) is 0 Å². The highest BCUT2D eigenvalue weighted by Crippen LogP contribution is 2.61. The van der Waals surface area contributed by atoms with Crippen LogP contribution in [-0.4, -0.2) is 85.4 Å². The Hall–Kier alpha value is -2.34. The van der Waals surface area contributed by atoms with Crippen molar-refractivity contribution in [2.45, 2.75) is 127 Å². The van der Waals surface area contributed by atoms with Crippen LogP contribution in [0.4, 0.5) is 0 Å². The lowest BCUT2D eigenvalue weighted by molar-refractivity contribution is -0.314. The number of methoxy groups -OCH3 is 3. The van der Waals surface area contributed by atoms with Crippen molar-refractivity contribution in [3.05, 3.63) is 46.4 Å². The maximum absolute atomic E-state index is 14.2. The number of allylic oxidation sites excluding steroid dienone is 2. The first-order valence-corrected chi connectivity index (χ1v) is 18.6. The summed E-state index contributed by atoms with van der Waals surface area (Å²) in [5, 5.41) is 0.612. The van der Waals surface area contributed by atoms with Gasteiger partial charge in [0, 0.05) is 68.0 Å². The minimum atomic E-state index is -0.640. The number of carbonyl (C=O) groups excluding carboxylic acids is 2. The molecule has 1 saturated carbocycles. The standard InChI is InChI=1S/C38H51ClN2O8/c1-7-22-11-9-8-10-19(2)34(43)28-17-25-24-15-23(49-38-37(46-6)36(45-5)35(44-4)20(3)47-38)16-27(24)33-32(31(25)26(28)18-30(42)48-22)40-29-14-21(39)12-13-41(29)33/h12-14,17,19-20,22-27,31,35-38H,7-11,15-16,18H2,1-6H3/t19-,20?,22+,23+,24+,25?,26-,27?,31-,35?,36?,37?,38?/m1/s1. The first kappa shape index (κ1) is 35.1. The molecule has 0 N–H and O–H groups in total. The number of halogens is 1. The Kier molecular flexibility index (Phi) is 10.3. The molecule has 13 atom stereocenters. The van der Waals surface area contributed by atoms with Crippen LogP contribution in [0.5, 0.6) is 0 Å². The van der Waals surface area contributed by atoms with Crippen LogP contribution in [0.1, 0.15) is 95.4 Å². The van der Waals surface area contributed by atoms with Crippen LogP contribution in [0.3, 0.4) is 0 Å². The lowest BCUT2D eigenvalue weighted by Crippen LogP contribution is -2.59. The summed E-state index contributed by atoms with van der Waals surface area (Å²) < 4.78 is 38.9. The number of imidazole rings is 1. The van der Waals surface area contributed by atoms with Crippen molar-refractivity contribution in [2.75, 3.05) is 21.3 Å². The number of rotatable bonds is 6. The molecule has 2 aliphatic heterocycles. The molecular formula is C38H51ClN2O8. The Morgan fingerprint density at radius 3 is 2.49 bits per heavy atom. The number of ether oxygens (including phenoxy) is 6. The van der Waals surface area contributed by atoms with E-state index in [2.05, 4.69) is 17.4 Å². The maximum Gasteiger partial charge on any atom is 0.306 e. The molecule has 2 aromatic rings. The second-order valence-corrected chi connectivity index (χ2v) is 15.3. The zero-order valence-electron chi connectivity index (χ0n) is 29.5. The summed E-state index contributed by atoms with van der Waals surface area (Å²) in [6.45, 7) is 6.08. The van der Waals surface area contributed by atoms with E-state index in [0.717, 1.165) is 67.6 Å². The van der Waals surface area contributed by atoms with Gasteiger partial charge in [-0.2, -0.15) is 0 Å². The Balaban J connectivity index is 1.26. The number of fused-ring (bicyclic) bond motifs is 10. The van der Waals surface area contributed by atoms with E-state index in [1.807, 2.05) is 32.2 Å². The van der Waals surface area contributed by atoms with Crippen molar-refractivity contribution in [3.8, 4) is 0 Å². The molecule has 2 saturated heterocycles. The number of esters is 1. The fourth-order valence-corrected chi connectivity index (χ4v) is 9.97. The minimum absolute atomic E-state index is 0.0246. The zero-order chi connectivity index (χ0) is 34.6. The topological polar surface area (TPSA) is 107 Å².